The maximum Gasteiger partial charge on any atom is 0.101 e. The Balaban J connectivity index is 1.81. The molecule has 1 saturated heterocycles. The van der Waals surface area contributed by atoms with E-state index in [4.69, 9.17) is 15.7 Å². The summed E-state index contributed by atoms with van der Waals surface area (Å²) in [6.45, 7) is 0.796. The van der Waals surface area contributed by atoms with Crippen LogP contribution in [0.25, 0.3) is 0 Å². The van der Waals surface area contributed by atoms with E-state index >= 15 is 0 Å². The van der Waals surface area contributed by atoms with Gasteiger partial charge in [0.05, 0.1) is 23.4 Å². The summed E-state index contributed by atoms with van der Waals surface area (Å²) >= 11 is 3.41. The highest BCUT2D eigenvalue weighted by Gasteiger charge is 2.52. The highest BCUT2D eigenvalue weighted by Crippen LogP contribution is 2.39. The number of ether oxygens (including phenoxy) is 1. The zero-order chi connectivity index (χ0) is 12.7. The van der Waals surface area contributed by atoms with Gasteiger partial charge in [0.15, 0.2) is 0 Å². The Kier molecular flexibility index (Phi) is 3.02. The third-order valence-corrected chi connectivity index (χ3v) is 4.36. The summed E-state index contributed by atoms with van der Waals surface area (Å²) in [5.41, 5.74) is 7.60. The second kappa shape index (κ2) is 4.54. The quantitative estimate of drug-likeness (QED) is 0.874. The lowest BCUT2D eigenvalue weighted by atomic mass is 9.72. The number of halogens is 1. The van der Waals surface area contributed by atoms with Gasteiger partial charge < -0.3 is 15.8 Å². The van der Waals surface area contributed by atoms with E-state index in [1.54, 1.807) is 6.07 Å². The van der Waals surface area contributed by atoms with Crippen LogP contribution in [-0.4, -0.2) is 24.8 Å². The summed E-state index contributed by atoms with van der Waals surface area (Å²) in [7, 11) is 0. The lowest BCUT2D eigenvalue weighted by molar-refractivity contribution is 0.00537. The molecule has 1 aliphatic carbocycles. The Labute approximate surface area is 114 Å². The molecule has 3 N–H and O–H groups in total. The van der Waals surface area contributed by atoms with Crippen LogP contribution in [0.2, 0.25) is 0 Å². The van der Waals surface area contributed by atoms with Crippen molar-refractivity contribution in [3.63, 3.8) is 0 Å². The lowest BCUT2D eigenvalue weighted by Crippen LogP contribution is -2.65. The maximum atomic E-state index is 9.10. The third-order valence-electron chi connectivity index (χ3n) is 3.87. The van der Waals surface area contributed by atoms with Gasteiger partial charge in [0, 0.05) is 23.0 Å². The topological polar surface area (TPSA) is 71.1 Å². The van der Waals surface area contributed by atoms with Gasteiger partial charge in [-0.25, -0.2) is 0 Å². The van der Waals surface area contributed by atoms with Crippen molar-refractivity contribution in [1.82, 2.24) is 0 Å². The molecule has 1 aromatic carbocycles. The van der Waals surface area contributed by atoms with E-state index in [2.05, 4.69) is 27.3 Å². The van der Waals surface area contributed by atoms with E-state index in [0.717, 1.165) is 23.2 Å². The molecule has 4 unspecified atom stereocenters. The number of hydrogen-bond donors (Lipinski definition) is 2. The third kappa shape index (κ3) is 1.81. The van der Waals surface area contributed by atoms with Crippen LogP contribution in [0.3, 0.4) is 0 Å². The van der Waals surface area contributed by atoms with E-state index in [1.807, 2.05) is 12.1 Å². The molecular weight excluding hydrogens is 294 g/mol. The minimum absolute atomic E-state index is 0.110. The summed E-state index contributed by atoms with van der Waals surface area (Å²) in [6, 6.07) is 7.98. The summed E-state index contributed by atoms with van der Waals surface area (Å²) in [5, 5.41) is 12.5. The number of fused-ring (bicyclic) bond motifs is 1. The van der Waals surface area contributed by atoms with Gasteiger partial charge >= 0.3 is 0 Å². The lowest BCUT2D eigenvalue weighted by Gasteiger charge is -2.46. The Morgan fingerprint density at radius 2 is 2.33 bits per heavy atom. The van der Waals surface area contributed by atoms with Crippen LogP contribution < -0.4 is 11.1 Å². The van der Waals surface area contributed by atoms with Crippen LogP contribution in [0.15, 0.2) is 22.7 Å². The molecule has 0 aromatic heterocycles. The maximum absolute atomic E-state index is 9.10. The predicted molar refractivity (Wildman–Crippen MR) is 72.1 cm³/mol. The normalized spacial score (nSPS) is 33.4. The Morgan fingerprint density at radius 1 is 1.50 bits per heavy atom. The number of nitrogens with zero attached hydrogens (tertiary/aromatic N) is 1. The monoisotopic (exact) mass is 307 g/mol. The summed E-state index contributed by atoms with van der Waals surface area (Å²) in [6.07, 6.45) is 1.25. The molecule has 0 amide bonds. The fourth-order valence-corrected chi connectivity index (χ4v) is 3.20. The van der Waals surface area contributed by atoms with Crippen LogP contribution >= 0.6 is 15.9 Å². The highest BCUT2D eigenvalue weighted by atomic mass is 79.9. The first kappa shape index (κ1) is 12.0. The first-order valence-electron chi connectivity index (χ1n) is 6.04. The van der Waals surface area contributed by atoms with E-state index < -0.39 is 0 Å². The van der Waals surface area contributed by atoms with Gasteiger partial charge in [0.1, 0.15) is 6.07 Å². The first-order valence-corrected chi connectivity index (χ1v) is 6.83. The average Bonchev–Trinajstić information content (AvgIpc) is 2.81. The van der Waals surface area contributed by atoms with Gasteiger partial charge in [-0.2, -0.15) is 5.26 Å². The molecule has 1 aliphatic heterocycles. The van der Waals surface area contributed by atoms with Crippen molar-refractivity contribution in [2.45, 2.75) is 24.6 Å². The largest absolute Gasteiger partial charge is 0.377 e. The number of nitrogens with two attached hydrogens (primary N) is 1. The van der Waals surface area contributed by atoms with Crippen molar-refractivity contribution in [3.05, 3.63) is 28.2 Å². The minimum atomic E-state index is 0.110. The van der Waals surface area contributed by atoms with Crippen LogP contribution in [-0.2, 0) is 4.74 Å². The molecule has 4 nitrogen and oxygen atoms in total. The molecular formula is C13H14BrN3O. The van der Waals surface area contributed by atoms with Crippen molar-refractivity contribution in [1.29, 1.82) is 5.26 Å². The van der Waals surface area contributed by atoms with Crippen LogP contribution in [0.1, 0.15) is 12.0 Å². The van der Waals surface area contributed by atoms with Crippen molar-refractivity contribution in [3.8, 4) is 6.07 Å². The van der Waals surface area contributed by atoms with Crippen molar-refractivity contribution in [2.24, 2.45) is 11.7 Å². The SMILES string of the molecule is N#Cc1ccc(Br)cc1NC1C(N)C2CCOC21. The van der Waals surface area contributed by atoms with Gasteiger partial charge in [-0.05, 0) is 24.6 Å². The van der Waals surface area contributed by atoms with Crippen molar-refractivity contribution >= 4 is 21.6 Å². The molecule has 94 valence electrons. The molecule has 3 rings (SSSR count). The van der Waals surface area contributed by atoms with E-state index in [1.165, 1.54) is 0 Å². The number of nitriles is 1. The number of anilines is 1. The van der Waals surface area contributed by atoms with Crippen LogP contribution in [0.5, 0.6) is 0 Å². The summed E-state index contributed by atoms with van der Waals surface area (Å²) < 4.78 is 6.62. The summed E-state index contributed by atoms with van der Waals surface area (Å²) in [5.74, 6) is 0.472. The molecule has 1 aromatic rings. The number of nitrogens with one attached hydrogen (secondary N) is 1. The van der Waals surface area contributed by atoms with Crippen molar-refractivity contribution in [2.75, 3.05) is 11.9 Å². The smallest absolute Gasteiger partial charge is 0.101 e. The second-order valence-corrected chi connectivity index (χ2v) is 5.75. The van der Waals surface area contributed by atoms with Gasteiger partial charge in [0.2, 0.25) is 0 Å². The molecule has 2 fully saturated rings. The number of rotatable bonds is 2. The van der Waals surface area contributed by atoms with E-state index in [-0.39, 0.29) is 18.2 Å². The molecule has 0 bridgehead atoms. The molecule has 4 atom stereocenters. The highest BCUT2D eigenvalue weighted by molar-refractivity contribution is 9.10. The van der Waals surface area contributed by atoms with E-state index in [0.29, 0.717) is 11.5 Å². The van der Waals surface area contributed by atoms with Gasteiger partial charge in [-0.1, -0.05) is 15.9 Å². The summed E-state index contributed by atoms with van der Waals surface area (Å²) in [4.78, 5) is 0. The fourth-order valence-electron chi connectivity index (χ4n) is 2.84. The van der Waals surface area contributed by atoms with Crippen LogP contribution in [0, 0.1) is 17.2 Å². The molecule has 0 radical (unpaired) electrons. The van der Waals surface area contributed by atoms with Gasteiger partial charge in [-0.3, -0.25) is 0 Å². The Morgan fingerprint density at radius 3 is 3.11 bits per heavy atom. The number of hydrogen-bond acceptors (Lipinski definition) is 4. The molecule has 1 saturated carbocycles. The van der Waals surface area contributed by atoms with Crippen molar-refractivity contribution < 1.29 is 4.74 Å². The molecule has 2 aliphatic rings. The van der Waals surface area contributed by atoms with Gasteiger partial charge in [-0.15, -0.1) is 0 Å². The average molecular weight is 308 g/mol. The van der Waals surface area contributed by atoms with Gasteiger partial charge in [0.25, 0.3) is 0 Å². The zero-order valence-corrected chi connectivity index (χ0v) is 11.4. The second-order valence-electron chi connectivity index (χ2n) is 4.84. The molecule has 18 heavy (non-hydrogen) atoms. The zero-order valence-electron chi connectivity index (χ0n) is 9.77. The molecule has 1 heterocycles. The minimum Gasteiger partial charge on any atom is -0.377 e. The Hall–Kier alpha value is -1.09. The molecule has 5 heteroatoms. The standard InChI is InChI=1S/C13H14BrN3O/c14-8-2-1-7(6-15)10(5-8)17-12-11(16)9-3-4-18-13(9)12/h1-2,5,9,11-13,17H,3-4,16H2. The Bertz CT molecular complexity index is 513. The predicted octanol–water partition coefficient (Wildman–Crippen LogP) is 1.85. The number of benzene rings is 1. The fraction of sp³-hybridized carbons (Fsp3) is 0.462. The molecule has 0 spiro atoms. The van der Waals surface area contributed by atoms with Crippen LogP contribution in [0.4, 0.5) is 5.69 Å². The first-order chi connectivity index (χ1) is 8.70. The van der Waals surface area contributed by atoms with E-state index in [9.17, 15) is 0 Å².